The van der Waals surface area contributed by atoms with Crippen LogP contribution in [-0.2, 0) is 0 Å². The first-order valence-electron chi connectivity index (χ1n) is 18.2. The van der Waals surface area contributed by atoms with Gasteiger partial charge in [-0.25, -0.2) is 19.9 Å². The fraction of sp³-hybridized carbons (Fsp3) is 0. The van der Waals surface area contributed by atoms with E-state index in [-0.39, 0.29) is 0 Å². The summed E-state index contributed by atoms with van der Waals surface area (Å²) >= 11 is 0. The van der Waals surface area contributed by atoms with Crippen LogP contribution in [0.1, 0.15) is 0 Å². The summed E-state index contributed by atoms with van der Waals surface area (Å²) in [5.41, 5.74) is 7.32. The minimum atomic E-state index is -3.09. The van der Waals surface area contributed by atoms with E-state index in [0.29, 0.717) is 17.5 Å². The molecule has 0 fully saturated rings. The molecule has 1 unspecified atom stereocenters. The van der Waals surface area contributed by atoms with E-state index in [1.165, 1.54) is 37.4 Å². The number of benzene rings is 8. The standard InChI is InChI=1S/C48H31N5Si/c1-3-17-33(18-4-1)45-50-46(34-19-5-2-6-20-34)52-47(51-45)38-30-31-43(37-24-10-9-23-36(37)38)54(42-29-15-21-32-16-7-8-22-35(32)42)44-28-14-13-27-41(44)53-40-26-12-11-25-39(40)49-48(53)54/h1-31H. The largest absolute Gasteiger partial charge is 0.299 e. The number of fused-ring (bicyclic) bond motifs is 7. The molecular weight excluding hydrogens is 675 g/mol. The Morgan fingerprint density at radius 3 is 1.70 bits per heavy atom. The number of hydrogen-bond donors (Lipinski definition) is 0. The molecule has 1 aliphatic rings. The summed E-state index contributed by atoms with van der Waals surface area (Å²) < 4.78 is 2.44. The van der Waals surface area contributed by atoms with E-state index in [9.17, 15) is 0 Å². The fourth-order valence-electron chi connectivity index (χ4n) is 8.61. The molecule has 1 aliphatic heterocycles. The van der Waals surface area contributed by atoms with Gasteiger partial charge in [0.15, 0.2) is 17.5 Å². The Kier molecular flexibility index (Phi) is 6.81. The van der Waals surface area contributed by atoms with Crippen LogP contribution in [0.25, 0.3) is 72.4 Å². The number of hydrogen-bond acceptors (Lipinski definition) is 4. The molecule has 0 spiro atoms. The summed E-state index contributed by atoms with van der Waals surface area (Å²) in [7, 11) is -3.09. The molecule has 0 bridgehead atoms. The van der Waals surface area contributed by atoms with E-state index >= 15 is 0 Å². The molecule has 3 heterocycles. The highest BCUT2D eigenvalue weighted by molar-refractivity contribution is 7.22. The maximum absolute atomic E-state index is 5.59. The molecule has 0 aliphatic carbocycles. The summed E-state index contributed by atoms with van der Waals surface area (Å²) in [5.74, 6) is 1.94. The molecule has 10 aromatic rings. The highest BCUT2D eigenvalue weighted by Crippen LogP contribution is 2.33. The van der Waals surface area contributed by atoms with Gasteiger partial charge >= 0.3 is 0 Å². The summed E-state index contributed by atoms with van der Waals surface area (Å²) in [6.45, 7) is 0. The number of rotatable bonds is 5. The second-order valence-corrected chi connectivity index (χ2v) is 17.4. The maximum Gasteiger partial charge on any atom is 0.227 e. The zero-order chi connectivity index (χ0) is 35.6. The number of para-hydroxylation sites is 3. The van der Waals surface area contributed by atoms with Gasteiger partial charge in [-0.15, -0.1) is 0 Å². The zero-order valence-corrected chi connectivity index (χ0v) is 30.1. The van der Waals surface area contributed by atoms with E-state index in [1.807, 2.05) is 36.4 Å². The molecule has 6 heteroatoms. The van der Waals surface area contributed by atoms with Gasteiger partial charge < -0.3 is 0 Å². The molecule has 11 rings (SSSR count). The monoisotopic (exact) mass is 705 g/mol. The summed E-state index contributed by atoms with van der Waals surface area (Å²) in [4.78, 5) is 20.9. The molecule has 54 heavy (non-hydrogen) atoms. The average Bonchev–Trinajstić information content (AvgIpc) is 3.77. The first-order valence-corrected chi connectivity index (χ1v) is 20.2. The normalized spacial score (nSPS) is 14.7. The Labute approximate surface area is 312 Å². The highest BCUT2D eigenvalue weighted by Gasteiger charge is 2.53. The van der Waals surface area contributed by atoms with Crippen LogP contribution in [0.3, 0.4) is 0 Å². The lowest BCUT2D eigenvalue weighted by Crippen LogP contribution is -2.74. The fourth-order valence-corrected chi connectivity index (χ4v) is 13.9. The van der Waals surface area contributed by atoms with Crippen LogP contribution < -0.4 is 21.0 Å². The molecule has 0 amide bonds. The van der Waals surface area contributed by atoms with Crippen LogP contribution in [0.5, 0.6) is 0 Å². The van der Waals surface area contributed by atoms with Crippen molar-refractivity contribution in [2.75, 3.05) is 0 Å². The van der Waals surface area contributed by atoms with Crippen molar-refractivity contribution in [2.24, 2.45) is 0 Å². The van der Waals surface area contributed by atoms with Gasteiger partial charge in [-0.1, -0.05) is 170 Å². The molecule has 8 aromatic carbocycles. The van der Waals surface area contributed by atoms with Crippen LogP contribution in [0, 0.1) is 0 Å². The molecule has 0 saturated heterocycles. The molecule has 0 N–H and O–H groups in total. The van der Waals surface area contributed by atoms with Crippen molar-refractivity contribution < 1.29 is 0 Å². The van der Waals surface area contributed by atoms with Crippen LogP contribution >= 0.6 is 0 Å². The molecule has 1 atom stereocenters. The zero-order valence-electron chi connectivity index (χ0n) is 29.1. The summed E-state index contributed by atoms with van der Waals surface area (Å²) in [6.07, 6.45) is 0. The molecule has 0 radical (unpaired) electrons. The van der Waals surface area contributed by atoms with Crippen molar-refractivity contribution in [1.29, 1.82) is 0 Å². The number of imidazole rings is 1. The summed E-state index contributed by atoms with van der Waals surface area (Å²) in [6, 6.07) is 66.8. The maximum atomic E-state index is 5.59. The third kappa shape index (κ3) is 4.44. The third-order valence-corrected chi connectivity index (χ3v) is 15.6. The Hall–Kier alpha value is -7.02. The van der Waals surface area contributed by atoms with Gasteiger partial charge in [-0.2, -0.15) is 0 Å². The van der Waals surface area contributed by atoms with E-state index < -0.39 is 8.07 Å². The lowest BCUT2D eigenvalue weighted by Gasteiger charge is -2.31. The van der Waals surface area contributed by atoms with Crippen molar-refractivity contribution in [3.8, 4) is 39.9 Å². The molecule has 0 saturated carbocycles. The average molecular weight is 706 g/mol. The van der Waals surface area contributed by atoms with Gasteiger partial charge in [-0.3, -0.25) is 4.57 Å². The molecule has 5 nitrogen and oxygen atoms in total. The van der Waals surface area contributed by atoms with Crippen molar-refractivity contribution in [3.63, 3.8) is 0 Å². The van der Waals surface area contributed by atoms with E-state index in [4.69, 9.17) is 19.9 Å². The van der Waals surface area contributed by atoms with Gasteiger partial charge in [0.25, 0.3) is 0 Å². The Balaban J connectivity index is 1.25. The third-order valence-electron chi connectivity index (χ3n) is 10.9. The number of aromatic nitrogens is 5. The number of nitrogens with zero attached hydrogens (tertiary/aromatic N) is 5. The molecule has 252 valence electrons. The van der Waals surface area contributed by atoms with E-state index in [1.54, 1.807) is 0 Å². The lowest BCUT2D eigenvalue weighted by molar-refractivity contribution is 1.08. The molecular formula is C48H31N5Si. The topological polar surface area (TPSA) is 56.5 Å². The smallest absolute Gasteiger partial charge is 0.227 e. The van der Waals surface area contributed by atoms with E-state index in [2.05, 4.69) is 156 Å². The van der Waals surface area contributed by atoms with Crippen LogP contribution in [0.15, 0.2) is 188 Å². The van der Waals surface area contributed by atoms with Crippen molar-refractivity contribution in [3.05, 3.63) is 188 Å². The van der Waals surface area contributed by atoms with Crippen molar-refractivity contribution in [2.45, 2.75) is 0 Å². The van der Waals surface area contributed by atoms with Crippen molar-refractivity contribution >= 4 is 61.7 Å². The van der Waals surface area contributed by atoms with Gasteiger partial charge in [0, 0.05) is 22.4 Å². The minimum absolute atomic E-state index is 0.644. The Bertz CT molecular complexity index is 3000. The highest BCUT2D eigenvalue weighted by atomic mass is 28.3. The Morgan fingerprint density at radius 1 is 0.370 bits per heavy atom. The quantitative estimate of drug-likeness (QED) is 0.170. The van der Waals surface area contributed by atoms with Gasteiger partial charge in [0.2, 0.25) is 8.07 Å². The van der Waals surface area contributed by atoms with Crippen LogP contribution in [0.2, 0.25) is 0 Å². The lowest BCUT2D eigenvalue weighted by atomic mass is 10.0. The van der Waals surface area contributed by atoms with E-state index in [0.717, 1.165) is 38.6 Å². The van der Waals surface area contributed by atoms with Gasteiger partial charge in [0.1, 0.15) is 5.45 Å². The predicted molar refractivity (Wildman–Crippen MR) is 223 cm³/mol. The SMILES string of the molecule is c1ccc(-c2nc(-c3ccccc3)nc(-c3ccc([Si]4(c5cccc6ccccc56)c5ccccc5-n5c4nc4ccccc45)c4ccccc34)n2)cc1. The van der Waals surface area contributed by atoms with Crippen LogP contribution in [0.4, 0.5) is 0 Å². The predicted octanol–water partition coefficient (Wildman–Crippen LogP) is 8.21. The first kappa shape index (κ1) is 30.6. The van der Waals surface area contributed by atoms with Crippen LogP contribution in [-0.4, -0.2) is 32.6 Å². The minimum Gasteiger partial charge on any atom is -0.299 e. The van der Waals surface area contributed by atoms with Crippen molar-refractivity contribution in [1.82, 2.24) is 24.5 Å². The Morgan fingerprint density at radius 2 is 0.926 bits per heavy atom. The molecule has 2 aromatic heterocycles. The second-order valence-electron chi connectivity index (χ2n) is 13.8. The summed E-state index contributed by atoms with van der Waals surface area (Å²) in [5, 5.41) is 8.71. The van der Waals surface area contributed by atoms with Gasteiger partial charge in [0.05, 0.1) is 11.0 Å². The first-order chi connectivity index (χ1) is 26.8. The second kappa shape index (κ2) is 12.0. The van der Waals surface area contributed by atoms with Gasteiger partial charge in [-0.05, 0) is 55.3 Å².